The zero-order valence-corrected chi connectivity index (χ0v) is 13.1. The van der Waals surface area contributed by atoms with E-state index in [0.717, 1.165) is 12.0 Å². The van der Waals surface area contributed by atoms with E-state index in [1.807, 2.05) is 37.3 Å². The van der Waals surface area contributed by atoms with Gasteiger partial charge in [0, 0.05) is 12.2 Å². The Morgan fingerprint density at radius 3 is 2.45 bits per heavy atom. The second-order valence-corrected chi connectivity index (χ2v) is 6.29. The Kier molecular flexibility index (Phi) is 7.37. The van der Waals surface area contributed by atoms with E-state index in [2.05, 4.69) is 6.92 Å². The largest absolute Gasteiger partial charge is 0.465 e. The predicted molar refractivity (Wildman–Crippen MR) is 82.5 cm³/mol. The highest BCUT2D eigenvalue weighted by molar-refractivity contribution is 8.13. The van der Waals surface area contributed by atoms with E-state index < -0.39 is 0 Å². The number of rotatable bonds is 7. The standard InChI is InChI=1S/C16H22O3S/c1-4-12(2)11-19-16(18)10-15(20-13(3)17)14-8-6-5-7-9-14/h5-9,12,15H,4,10-11H2,1-3H3/t12-,15?/m0/s1. The lowest BCUT2D eigenvalue weighted by Crippen LogP contribution is -2.14. The van der Waals surface area contributed by atoms with Crippen LogP contribution >= 0.6 is 11.8 Å². The van der Waals surface area contributed by atoms with Gasteiger partial charge in [-0.3, -0.25) is 9.59 Å². The van der Waals surface area contributed by atoms with Crippen molar-refractivity contribution in [2.24, 2.45) is 5.92 Å². The summed E-state index contributed by atoms with van der Waals surface area (Å²) in [6, 6.07) is 9.60. The highest BCUT2D eigenvalue weighted by atomic mass is 32.2. The lowest BCUT2D eigenvalue weighted by molar-refractivity contribution is -0.144. The summed E-state index contributed by atoms with van der Waals surface area (Å²) in [5.74, 6) is 0.127. The fraction of sp³-hybridized carbons (Fsp3) is 0.500. The van der Waals surface area contributed by atoms with E-state index >= 15 is 0 Å². The van der Waals surface area contributed by atoms with Gasteiger partial charge in [0.1, 0.15) is 0 Å². The van der Waals surface area contributed by atoms with Crippen LogP contribution in [0.1, 0.15) is 44.4 Å². The van der Waals surface area contributed by atoms with Crippen LogP contribution in [0, 0.1) is 5.92 Å². The first kappa shape index (κ1) is 16.8. The molecular weight excluding hydrogens is 272 g/mol. The molecule has 0 radical (unpaired) electrons. The van der Waals surface area contributed by atoms with Gasteiger partial charge in [0.15, 0.2) is 5.12 Å². The van der Waals surface area contributed by atoms with Crippen molar-refractivity contribution in [1.29, 1.82) is 0 Å². The third kappa shape index (κ3) is 6.24. The number of carbonyl (C=O) groups excluding carboxylic acids is 2. The number of esters is 1. The summed E-state index contributed by atoms with van der Waals surface area (Å²) >= 11 is 1.18. The average Bonchev–Trinajstić information content (AvgIpc) is 2.44. The summed E-state index contributed by atoms with van der Waals surface area (Å²) in [6.45, 7) is 6.08. The molecule has 1 aromatic carbocycles. The number of thioether (sulfide) groups is 1. The van der Waals surface area contributed by atoms with Gasteiger partial charge in [-0.2, -0.15) is 0 Å². The van der Waals surface area contributed by atoms with Gasteiger partial charge in [-0.25, -0.2) is 0 Å². The molecule has 2 atom stereocenters. The van der Waals surface area contributed by atoms with Gasteiger partial charge in [0.2, 0.25) is 0 Å². The zero-order chi connectivity index (χ0) is 15.0. The molecule has 110 valence electrons. The predicted octanol–water partition coefficient (Wildman–Crippen LogP) is 3.99. The molecule has 1 aromatic rings. The maximum Gasteiger partial charge on any atom is 0.307 e. The third-order valence-electron chi connectivity index (χ3n) is 3.06. The summed E-state index contributed by atoms with van der Waals surface area (Å²) in [6.07, 6.45) is 1.21. The second kappa shape index (κ2) is 8.80. The van der Waals surface area contributed by atoms with Crippen LogP contribution < -0.4 is 0 Å². The number of ether oxygens (including phenoxy) is 1. The molecule has 0 heterocycles. The van der Waals surface area contributed by atoms with Gasteiger partial charge in [-0.1, -0.05) is 62.4 Å². The molecule has 0 aliphatic heterocycles. The average molecular weight is 294 g/mol. The van der Waals surface area contributed by atoms with E-state index in [1.165, 1.54) is 18.7 Å². The summed E-state index contributed by atoms with van der Waals surface area (Å²) in [5.41, 5.74) is 0.980. The van der Waals surface area contributed by atoms with E-state index in [4.69, 9.17) is 4.74 Å². The molecular formula is C16H22O3S. The molecule has 1 unspecified atom stereocenters. The summed E-state index contributed by atoms with van der Waals surface area (Å²) < 4.78 is 5.26. The van der Waals surface area contributed by atoms with Gasteiger partial charge in [-0.15, -0.1) is 0 Å². The SMILES string of the molecule is CC[C@H](C)COC(=O)CC(SC(C)=O)c1ccccc1. The molecule has 0 saturated heterocycles. The molecule has 0 bridgehead atoms. The van der Waals surface area contributed by atoms with Crippen LogP contribution in [-0.4, -0.2) is 17.7 Å². The first-order chi connectivity index (χ1) is 9.52. The molecule has 0 spiro atoms. The van der Waals surface area contributed by atoms with Crippen LogP contribution in [-0.2, 0) is 14.3 Å². The van der Waals surface area contributed by atoms with Gasteiger partial charge in [-0.05, 0) is 11.5 Å². The van der Waals surface area contributed by atoms with Crippen LogP contribution in [0.4, 0.5) is 0 Å². The monoisotopic (exact) mass is 294 g/mol. The highest BCUT2D eigenvalue weighted by Gasteiger charge is 2.19. The van der Waals surface area contributed by atoms with Gasteiger partial charge < -0.3 is 4.74 Å². The van der Waals surface area contributed by atoms with E-state index in [1.54, 1.807) is 0 Å². The minimum Gasteiger partial charge on any atom is -0.465 e. The van der Waals surface area contributed by atoms with Gasteiger partial charge in [0.05, 0.1) is 13.0 Å². The Morgan fingerprint density at radius 2 is 1.90 bits per heavy atom. The van der Waals surface area contributed by atoms with Gasteiger partial charge in [0.25, 0.3) is 0 Å². The number of hydrogen-bond acceptors (Lipinski definition) is 4. The normalized spacial score (nSPS) is 13.6. The molecule has 0 saturated carbocycles. The minimum atomic E-state index is -0.243. The summed E-state index contributed by atoms with van der Waals surface area (Å²) in [4.78, 5) is 23.2. The van der Waals surface area contributed by atoms with Crippen molar-refractivity contribution in [2.75, 3.05) is 6.61 Å². The maximum atomic E-state index is 11.9. The van der Waals surface area contributed by atoms with Crippen molar-refractivity contribution in [3.63, 3.8) is 0 Å². The minimum absolute atomic E-state index is 0.00794. The topological polar surface area (TPSA) is 43.4 Å². The molecule has 20 heavy (non-hydrogen) atoms. The zero-order valence-electron chi connectivity index (χ0n) is 12.3. The lowest BCUT2D eigenvalue weighted by atomic mass is 10.1. The first-order valence-corrected chi connectivity index (χ1v) is 7.78. The van der Waals surface area contributed by atoms with Gasteiger partial charge >= 0.3 is 5.97 Å². The Labute approximate surface area is 125 Å². The molecule has 3 nitrogen and oxygen atoms in total. The molecule has 0 amide bonds. The van der Waals surface area contributed by atoms with Crippen LogP contribution in [0.25, 0.3) is 0 Å². The molecule has 0 aliphatic carbocycles. The summed E-state index contributed by atoms with van der Waals surface area (Å²) in [5, 5.41) is -0.160. The number of benzene rings is 1. The highest BCUT2D eigenvalue weighted by Crippen LogP contribution is 2.32. The molecule has 0 fully saturated rings. The van der Waals surface area contributed by atoms with Crippen molar-refractivity contribution in [1.82, 2.24) is 0 Å². The lowest BCUT2D eigenvalue weighted by Gasteiger charge is -2.16. The molecule has 0 aromatic heterocycles. The first-order valence-electron chi connectivity index (χ1n) is 6.90. The quantitative estimate of drug-likeness (QED) is 0.713. The van der Waals surface area contributed by atoms with Crippen molar-refractivity contribution >= 4 is 22.8 Å². The molecule has 0 N–H and O–H groups in total. The van der Waals surface area contributed by atoms with Crippen LogP contribution in [0.5, 0.6) is 0 Å². The fourth-order valence-corrected chi connectivity index (χ4v) is 2.57. The summed E-state index contributed by atoms with van der Waals surface area (Å²) in [7, 11) is 0. The van der Waals surface area contributed by atoms with Crippen molar-refractivity contribution in [3.8, 4) is 0 Å². The van der Waals surface area contributed by atoms with Crippen molar-refractivity contribution in [2.45, 2.75) is 38.9 Å². The molecule has 0 aliphatic rings. The molecule has 1 rings (SSSR count). The number of carbonyl (C=O) groups is 2. The second-order valence-electron chi connectivity index (χ2n) is 4.91. The smallest absolute Gasteiger partial charge is 0.307 e. The Bertz CT molecular complexity index is 431. The fourth-order valence-electron chi connectivity index (χ4n) is 1.66. The van der Waals surface area contributed by atoms with E-state index in [0.29, 0.717) is 12.5 Å². The van der Waals surface area contributed by atoms with Crippen molar-refractivity contribution in [3.05, 3.63) is 35.9 Å². The Balaban J connectivity index is 2.61. The third-order valence-corrected chi connectivity index (χ3v) is 4.11. The Hall–Kier alpha value is -1.29. The van der Waals surface area contributed by atoms with Crippen LogP contribution in [0.3, 0.4) is 0 Å². The van der Waals surface area contributed by atoms with E-state index in [-0.39, 0.29) is 22.8 Å². The van der Waals surface area contributed by atoms with Crippen LogP contribution in [0.2, 0.25) is 0 Å². The van der Waals surface area contributed by atoms with E-state index in [9.17, 15) is 9.59 Å². The van der Waals surface area contributed by atoms with Crippen molar-refractivity contribution < 1.29 is 14.3 Å². The Morgan fingerprint density at radius 1 is 1.25 bits per heavy atom. The van der Waals surface area contributed by atoms with Crippen LogP contribution in [0.15, 0.2) is 30.3 Å². The molecule has 4 heteroatoms. The maximum absolute atomic E-state index is 11.9. The number of hydrogen-bond donors (Lipinski definition) is 0.